The van der Waals surface area contributed by atoms with Gasteiger partial charge in [0.1, 0.15) is 17.7 Å². The number of rotatable bonds is 6. The zero-order valence-corrected chi connectivity index (χ0v) is 21.2. The number of fused-ring (bicyclic) bond motifs is 3. The van der Waals surface area contributed by atoms with Crippen molar-refractivity contribution in [1.29, 1.82) is 5.26 Å². The largest absolute Gasteiger partial charge is 0.444 e. The minimum Gasteiger partial charge on any atom is -0.444 e. The Balaban J connectivity index is 1.34. The molecule has 0 radical (unpaired) electrons. The maximum atomic E-state index is 13.7. The molecule has 3 unspecified atom stereocenters. The molecule has 3 saturated heterocycles. The number of hydrogen-bond donors (Lipinski definition) is 2. The number of anilines is 1. The van der Waals surface area contributed by atoms with Gasteiger partial charge in [0.2, 0.25) is 11.8 Å². The summed E-state index contributed by atoms with van der Waals surface area (Å²) in [6.07, 6.45) is 1.32. The minimum atomic E-state index is -0.969. The normalized spacial score (nSPS) is 29.0. The SMILES string of the molecule is CC(C)(C)OC(=O)NC(CN1C[C@@H]2CC1C(=O)N2c1ccccc1C(N)=O)C(=O)N1C(C#N)C[C@@H]2C[C@@H]21. The smallest absolute Gasteiger partial charge is 0.408 e. The van der Waals surface area contributed by atoms with E-state index in [0.717, 1.165) is 6.42 Å². The second-order valence-electron chi connectivity index (χ2n) is 11.3. The lowest BCUT2D eigenvalue weighted by molar-refractivity contribution is -0.136. The number of ether oxygens (including phenoxy) is 1. The first-order valence-electron chi connectivity index (χ1n) is 12.7. The van der Waals surface area contributed by atoms with Gasteiger partial charge in [-0.2, -0.15) is 5.26 Å². The van der Waals surface area contributed by atoms with Gasteiger partial charge in [-0.25, -0.2) is 4.79 Å². The van der Waals surface area contributed by atoms with Crippen molar-refractivity contribution >= 4 is 29.5 Å². The van der Waals surface area contributed by atoms with Gasteiger partial charge >= 0.3 is 6.09 Å². The Morgan fingerprint density at radius 3 is 2.59 bits per heavy atom. The van der Waals surface area contributed by atoms with E-state index in [1.807, 2.05) is 4.90 Å². The molecular formula is C26H32N6O5. The van der Waals surface area contributed by atoms with Crippen molar-refractivity contribution in [2.75, 3.05) is 18.0 Å². The second-order valence-corrected chi connectivity index (χ2v) is 11.3. The van der Waals surface area contributed by atoms with Crippen LogP contribution in [-0.4, -0.2) is 82.5 Å². The molecule has 3 aliphatic heterocycles. The summed E-state index contributed by atoms with van der Waals surface area (Å²) in [5, 5.41) is 12.3. The summed E-state index contributed by atoms with van der Waals surface area (Å²) in [5.41, 5.74) is 5.55. The topological polar surface area (TPSA) is 149 Å². The van der Waals surface area contributed by atoms with E-state index in [1.165, 1.54) is 0 Å². The highest BCUT2D eigenvalue weighted by atomic mass is 16.6. The molecule has 4 amide bonds. The number of nitrogens with two attached hydrogens (primary N) is 1. The van der Waals surface area contributed by atoms with Crippen LogP contribution in [0.3, 0.4) is 0 Å². The van der Waals surface area contributed by atoms with E-state index in [-0.39, 0.29) is 36.0 Å². The molecule has 1 aromatic carbocycles. The third-order valence-electron chi connectivity index (χ3n) is 7.61. The number of nitriles is 1. The number of para-hydroxylation sites is 1. The fraction of sp³-hybridized carbons (Fsp3) is 0.577. The van der Waals surface area contributed by atoms with E-state index in [2.05, 4.69) is 11.4 Å². The van der Waals surface area contributed by atoms with Gasteiger partial charge in [-0.1, -0.05) is 12.1 Å². The lowest BCUT2D eigenvalue weighted by atomic mass is 10.1. The number of likely N-dealkylation sites (tertiary alicyclic amines) is 2. The predicted molar refractivity (Wildman–Crippen MR) is 132 cm³/mol. The Hall–Kier alpha value is -3.65. The Kier molecular flexibility index (Phi) is 6.10. The number of piperidine rings is 1. The number of nitrogens with one attached hydrogen (secondary N) is 1. The predicted octanol–water partition coefficient (Wildman–Crippen LogP) is 0.981. The Bertz CT molecular complexity index is 1190. The number of carbonyl (C=O) groups excluding carboxylic acids is 4. The average Bonchev–Trinajstić information content (AvgIpc) is 3.15. The van der Waals surface area contributed by atoms with Crippen LogP contribution >= 0.6 is 0 Å². The first-order valence-corrected chi connectivity index (χ1v) is 12.7. The van der Waals surface area contributed by atoms with E-state index in [4.69, 9.17) is 10.5 Å². The van der Waals surface area contributed by atoms with Gasteiger partial charge < -0.3 is 25.6 Å². The monoisotopic (exact) mass is 508 g/mol. The fourth-order valence-electron chi connectivity index (χ4n) is 6.01. The molecule has 4 aliphatic rings. The first kappa shape index (κ1) is 25.0. The minimum absolute atomic E-state index is 0.0255. The number of carbonyl (C=O) groups is 4. The average molecular weight is 509 g/mol. The lowest BCUT2D eigenvalue weighted by Crippen LogP contribution is -2.59. The molecule has 196 valence electrons. The summed E-state index contributed by atoms with van der Waals surface area (Å²) in [6.45, 7) is 5.79. The van der Waals surface area contributed by atoms with Gasteiger partial charge in [0.05, 0.1) is 29.4 Å². The van der Waals surface area contributed by atoms with Crippen LogP contribution in [0.4, 0.5) is 10.5 Å². The van der Waals surface area contributed by atoms with Crippen molar-refractivity contribution in [2.24, 2.45) is 11.7 Å². The summed E-state index contributed by atoms with van der Waals surface area (Å²) >= 11 is 0. The fourth-order valence-corrected chi connectivity index (χ4v) is 6.01. The number of benzene rings is 1. The molecule has 3 heterocycles. The molecule has 4 fully saturated rings. The Morgan fingerprint density at radius 1 is 1.22 bits per heavy atom. The summed E-state index contributed by atoms with van der Waals surface area (Å²) in [5.74, 6) is -0.773. The van der Waals surface area contributed by atoms with Crippen molar-refractivity contribution in [3.8, 4) is 6.07 Å². The molecule has 6 atom stereocenters. The van der Waals surface area contributed by atoms with Crippen LogP contribution in [-0.2, 0) is 14.3 Å². The van der Waals surface area contributed by atoms with Crippen molar-refractivity contribution in [3.63, 3.8) is 0 Å². The number of nitrogens with zero attached hydrogens (tertiary/aromatic N) is 4. The van der Waals surface area contributed by atoms with Gasteiger partial charge in [-0.3, -0.25) is 19.3 Å². The Labute approximate surface area is 215 Å². The number of alkyl carbamates (subject to hydrolysis) is 1. The van der Waals surface area contributed by atoms with E-state index in [9.17, 15) is 24.4 Å². The summed E-state index contributed by atoms with van der Waals surface area (Å²) in [6, 6.07) is 6.83. The number of piperazine rings is 1. The molecule has 2 bridgehead atoms. The van der Waals surface area contributed by atoms with Crippen LogP contribution in [0.2, 0.25) is 0 Å². The molecule has 0 aromatic heterocycles. The first-order chi connectivity index (χ1) is 17.5. The molecule has 11 heteroatoms. The lowest BCUT2D eigenvalue weighted by Gasteiger charge is -2.37. The Morgan fingerprint density at radius 2 is 1.95 bits per heavy atom. The molecule has 1 saturated carbocycles. The molecule has 3 N–H and O–H groups in total. The van der Waals surface area contributed by atoms with Crippen LogP contribution in [0.1, 0.15) is 50.4 Å². The quantitative estimate of drug-likeness (QED) is 0.582. The van der Waals surface area contributed by atoms with Crippen LogP contribution in [0.15, 0.2) is 24.3 Å². The molecule has 11 nitrogen and oxygen atoms in total. The van der Waals surface area contributed by atoms with Gasteiger partial charge in [-0.05, 0) is 58.1 Å². The maximum Gasteiger partial charge on any atom is 0.408 e. The van der Waals surface area contributed by atoms with Crippen molar-refractivity contribution in [2.45, 2.75) is 75.8 Å². The molecule has 1 aromatic rings. The molecule has 37 heavy (non-hydrogen) atoms. The molecule has 5 rings (SSSR count). The van der Waals surface area contributed by atoms with Crippen LogP contribution in [0, 0.1) is 17.2 Å². The highest BCUT2D eigenvalue weighted by molar-refractivity contribution is 6.07. The number of amides is 4. The third kappa shape index (κ3) is 4.62. The van der Waals surface area contributed by atoms with E-state index >= 15 is 0 Å². The standard InChI is InChI=1S/C26H32N6O5/c1-26(2,3)37-25(36)29-18(23(34)31-15(11-27)8-14-9-20(14)31)13-30-12-16-10-21(30)24(35)32(16)19-7-5-4-6-17(19)22(28)33/h4-7,14-16,18,20-21H,8-10,12-13H2,1-3H3,(H2,28,33)(H,29,36)/t14-,15?,16+,18?,20+,21?/m1/s1. The van der Waals surface area contributed by atoms with Gasteiger partial charge in [0, 0.05) is 19.1 Å². The maximum absolute atomic E-state index is 13.7. The van der Waals surface area contributed by atoms with Crippen molar-refractivity contribution in [3.05, 3.63) is 29.8 Å². The van der Waals surface area contributed by atoms with Crippen LogP contribution in [0.5, 0.6) is 0 Å². The molecule has 0 spiro atoms. The van der Waals surface area contributed by atoms with E-state index in [0.29, 0.717) is 31.0 Å². The van der Waals surface area contributed by atoms with Crippen molar-refractivity contribution < 1.29 is 23.9 Å². The highest BCUT2D eigenvalue weighted by Gasteiger charge is 2.56. The second kappa shape index (κ2) is 9.03. The summed E-state index contributed by atoms with van der Waals surface area (Å²) in [4.78, 5) is 56.8. The van der Waals surface area contributed by atoms with Gasteiger partial charge in [0.25, 0.3) is 5.91 Å². The zero-order valence-electron chi connectivity index (χ0n) is 21.2. The van der Waals surface area contributed by atoms with Gasteiger partial charge in [0.15, 0.2) is 0 Å². The molecule has 1 aliphatic carbocycles. The molecular weight excluding hydrogens is 476 g/mol. The van der Waals surface area contributed by atoms with E-state index < -0.39 is 35.7 Å². The highest BCUT2D eigenvalue weighted by Crippen LogP contribution is 2.48. The zero-order chi connectivity index (χ0) is 26.6. The number of primary amides is 1. The van der Waals surface area contributed by atoms with Gasteiger partial charge in [-0.15, -0.1) is 0 Å². The summed E-state index contributed by atoms with van der Waals surface area (Å²) < 4.78 is 5.41. The summed E-state index contributed by atoms with van der Waals surface area (Å²) in [7, 11) is 0. The number of hydrogen-bond acceptors (Lipinski definition) is 7. The van der Waals surface area contributed by atoms with E-state index in [1.54, 1.807) is 54.8 Å². The van der Waals surface area contributed by atoms with Crippen molar-refractivity contribution in [1.82, 2.24) is 15.1 Å². The third-order valence-corrected chi connectivity index (χ3v) is 7.61. The van der Waals surface area contributed by atoms with Crippen LogP contribution < -0.4 is 16.0 Å². The van der Waals surface area contributed by atoms with Crippen LogP contribution in [0.25, 0.3) is 0 Å².